The molecule has 0 spiro atoms. The van der Waals surface area contributed by atoms with Crippen molar-refractivity contribution in [1.82, 2.24) is 5.32 Å². The molecule has 0 radical (unpaired) electrons. The number of methoxy groups -OCH3 is 1. The summed E-state index contributed by atoms with van der Waals surface area (Å²) >= 11 is 0. The van der Waals surface area contributed by atoms with E-state index in [1.807, 2.05) is 110 Å². The first-order valence-electron chi connectivity index (χ1n) is 11.7. The van der Waals surface area contributed by atoms with Gasteiger partial charge >= 0.3 is 5.97 Å². The summed E-state index contributed by atoms with van der Waals surface area (Å²) < 4.78 is 5.05. The van der Waals surface area contributed by atoms with Crippen LogP contribution in [0.3, 0.4) is 0 Å². The highest BCUT2D eigenvalue weighted by Gasteiger charge is 2.39. The molecule has 4 aromatic carbocycles. The average molecular weight is 464 g/mol. The number of carbonyl (C=O) groups is 2. The van der Waals surface area contributed by atoms with Crippen molar-refractivity contribution in [2.45, 2.75) is 24.8 Å². The van der Waals surface area contributed by atoms with Crippen molar-refractivity contribution in [3.8, 4) is 11.1 Å². The first-order valence-corrected chi connectivity index (χ1v) is 11.7. The van der Waals surface area contributed by atoms with Crippen LogP contribution in [0.1, 0.15) is 23.6 Å². The molecule has 0 aliphatic carbocycles. The Hall–Kier alpha value is -4.18. The summed E-state index contributed by atoms with van der Waals surface area (Å²) in [5.41, 5.74) is 3.86. The molecule has 1 amide bonds. The summed E-state index contributed by atoms with van der Waals surface area (Å²) in [7, 11) is 1.34. The van der Waals surface area contributed by atoms with E-state index in [1.165, 1.54) is 7.11 Å². The topological polar surface area (TPSA) is 55.4 Å². The summed E-state index contributed by atoms with van der Waals surface area (Å²) in [6, 6.07) is 36.5. The van der Waals surface area contributed by atoms with E-state index in [4.69, 9.17) is 4.74 Å². The number of ether oxygens (including phenoxy) is 1. The smallest absolute Gasteiger partial charge is 0.328 e. The van der Waals surface area contributed by atoms with Gasteiger partial charge in [-0.15, -0.1) is 0 Å². The highest BCUT2D eigenvalue weighted by Crippen LogP contribution is 2.32. The number of hydrogen-bond donors (Lipinski definition) is 1. The van der Waals surface area contributed by atoms with Crippen molar-refractivity contribution in [3.63, 3.8) is 0 Å². The van der Waals surface area contributed by atoms with E-state index in [-0.39, 0.29) is 5.91 Å². The zero-order valence-corrected chi connectivity index (χ0v) is 20.0. The van der Waals surface area contributed by atoms with Gasteiger partial charge in [0.05, 0.1) is 12.5 Å². The molecule has 0 aromatic heterocycles. The van der Waals surface area contributed by atoms with Crippen molar-refractivity contribution in [1.29, 1.82) is 0 Å². The second-order valence-electron chi connectivity index (χ2n) is 8.67. The van der Waals surface area contributed by atoms with Gasteiger partial charge in [-0.3, -0.25) is 4.79 Å². The fraction of sp³-hybridized carbons (Fsp3) is 0.161. The fourth-order valence-electron chi connectivity index (χ4n) is 4.31. The van der Waals surface area contributed by atoms with Crippen LogP contribution in [0.5, 0.6) is 0 Å². The predicted molar refractivity (Wildman–Crippen MR) is 139 cm³/mol. The van der Waals surface area contributed by atoms with E-state index in [9.17, 15) is 9.59 Å². The maximum Gasteiger partial charge on any atom is 0.328 e. The van der Waals surface area contributed by atoms with Crippen LogP contribution in [-0.4, -0.2) is 25.0 Å². The van der Waals surface area contributed by atoms with Crippen LogP contribution in [0.15, 0.2) is 115 Å². The molecule has 4 heteroatoms. The summed E-state index contributed by atoms with van der Waals surface area (Å²) in [4.78, 5) is 26.5. The third kappa shape index (κ3) is 5.33. The average Bonchev–Trinajstić information content (AvgIpc) is 2.93. The van der Waals surface area contributed by atoms with Gasteiger partial charge < -0.3 is 10.1 Å². The molecule has 4 aromatic rings. The molecule has 0 aliphatic heterocycles. The van der Waals surface area contributed by atoms with Crippen molar-refractivity contribution in [2.24, 2.45) is 0 Å². The Morgan fingerprint density at radius 1 is 0.714 bits per heavy atom. The lowest BCUT2D eigenvalue weighted by Crippen LogP contribution is -2.51. The quantitative estimate of drug-likeness (QED) is 0.348. The Kier molecular flexibility index (Phi) is 7.41. The maximum atomic E-state index is 13.8. The lowest BCUT2D eigenvalue weighted by Gasteiger charge is -2.31. The summed E-state index contributed by atoms with van der Waals surface area (Å²) in [6.45, 7) is 1.88. The molecule has 0 aliphatic rings. The predicted octanol–water partition coefficient (Wildman–Crippen LogP) is 5.56. The van der Waals surface area contributed by atoms with Gasteiger partial charge in [-0.2, -0.15) is 0 Å². The van der Waals surface area contributed by atoms with Gasteiger partial charge in [0.15, 0.2) is 0 Å². The molecule has 4 rings (SSSR count). The van der Waals surface area contributed by atoms with Gasteiger partial charge in [0.2, 0.25) is 5.91 Å². The third-order valence-corrected chi connectivity index (χ3v) is 6.45. The van der Waals surface area contributed by atoms with Crippen molar-refractivity contribution in [3.05, 3.63) is 132 Å². The van der Waals surface area contributed by atoms with Crippen LogP contribution >= 0.6 is 0 Å². The molecule has 0 fully saturated rings. The Morgan fingerprint density at radius 2 is 1.17 bits per heavy atom. The number of esters is 1. The van der Waals surface area contributed by atoms with Crippen LogP contribution in [0.2, 0.25) is 0 Å². The zero-order valence-electron chi connectivity index (χ0n) is 20.0. The van der Waals surface area contributed by atoms with Crippen LogP contribution in [0.25, 0.3) is 11.1 Å². The molecule has 1 N–H and O–H groups in total. The van der Waals surface area contributed by atoms with Gasteiger partial charge in [-0.25, -0.2) is 4.79 Å². The van der Waals surface area contributed by atoms with Crippen LogP contribution < -0.4 is 5.32 Å². The van der Waals surface area contributed by atoms with Gasteiger partial charge in [0, 0.05) is 6.42 Å². The van der Waals surface area contributed by atoms with E-state index in [2.05, 4.69) is 17.4 Å². The molecule has 35 heavy (non-hydrogen) atoms. The van der Waals surface area contributed by atoms with Crippen LogP contribution in [0, 0.1) is 0 Å². The minimum atomic E-state index is -0.980. The van der Waals surface area contributed by atoms with Gasteiger partial charge in [-0.1, -0.05) is 115 Å². The van der Waals surface area contributed by atoms with Crippen LogP contribution in [-0.2, 0) is 26.2 Å². The number of hydrogen-bond acceptors (Lipinski definition) is 3. The SMILES string of the molecule is COC(=O)[C@H](Cc1ccc(-c2ccccc2)cc1)NC(=O)C(C)(c1ccccc1)c1ccccc1. The van der Waals surface area contributed by atoms with E-state index in [0.29, 0.717) is 6.42 Å². The second-order valence-corrected chi connectivity index (χ2v) is 8.67. The molecule has 0 bridgehead atoms. The van der Waals surface area contributed by atoms with E-state index < -0.39 is 17.4 Å². The van der Waals surface area contributed by atoms with Crippen molar-refractivity contribution < 1.29 is 14.3 Å². The molecular formula is C31H29NO3. The Morgan fingerprint density at radius 3 is 1.66 bits per heavy atom. The summed E-state index contributed by atoms with van der Waals surface area (Å²) in [5.74, 6) is -0.736. The molecule has 176 valence electrons. The molecule has 4 nitrogen and oxygen atoms in total. The van der Waals surface area contributed by atoms with E-state index in [0.717, 1.165) is 27.8 Å². The Balaban J connectivity index is 1.60. The molecule has 0 heterocycles. The number of nitrogens with one attached hydrogen (secondary N) is 1. The standard InChI is InChI=1S/C31H29NO3/c1-31(26-14-8-4-9-15-26,27-16-10-5-11-17-27)30(34)32-28(29(33)35-2)22-23-18-20-25(21-19-23)24-12-6-3-7-13-24/h3-21,28H,22H2,1-2H3,(H,32,34)/t28-/m0/s1. The second kappa shape index (κ2) is 10.8. The fourth-order valence-corrected chi connectivity index (χ4v) is 4.31. The summed E-state index contributed by atoms with van der Waals surface area (Å²) in [6.07, 6.45) is 0.327. The molecular weight excluding hydrogens is 434 g/mol. The molecule has 0 saturated carbocycles. The van der Waals surface area contributed by atoms with E-state index >= 15 is 0 Å². The molecule has 1 atom stereocenters. The first kappa shape index (κ1) is 24.0. The third-order valence-electron chi connectivity index (χ3n) is 6.45. The Bertz CT molecular complexity index is 1210. The largest absolute Gasteiger partial charge is 0.467 e. The Labute approximate surface area is 206 Å². The highest BCUT2D eigenvalue weighted by molar-refractivity contribution is 5.94. The molecule has 0 saturated heterocycles. The summed E-state index contributed by atoms with van der Waals surface area (Å²) in [5, 5.41) is 2.99. The highest BCUT2D eigenvalue weighted by atomic mass is 16.5. The molecule has 0 unspecified atom stereocenters. The van der Waals surface area contributed by atoms with Gasteiger partial charge in [-0.05, 0) is 34.7 Å². The number of benzene rings is 4. The minimum absolute atomic E-state index is 0.258. The first-order chi connectivity index (χ1) is 17.0. The normalized spacial score (nSPS) is 11.9. The van der Waals surface area contributed by atoms with Crippen molar-refractivity contribution >= 4 is 11.9 Å². The maximum absolute atomic E-state index is 13.8. The lowest BCUT2D eigenvalue weighted by atomic mass is 9.75. The number of rotatable bonds is 8. The minimum Gasteiger partial charge on any atom is -0.467 e. The van der Waals surface area contributed by atoms with E-state index in [1.54, 1.807) is 0 Å². The van der Waals surface area contributed by atoms with Gasteiger partial charge in [0.1, 0.15) is 6.04 Å². The van der Waals surface area contributed by atoms with Crippen molar-refractivity contribution in [2.75, 3.05) is 7.11 Å². The lowest BCUT2D eigenvalue weighted by molar-refractivity contribution is -0.145. The van der Waals surface area contributed by atoms with Crippen LogP contribution in [0.4, 0.5) is 0 Å². The zero-order chi connectivity index (χ0) is 24.7. The number of carbonyl (C=O) groups excluding carboxylic acids is 2. The monoisotopic (exact) mass is 463 g/mol. The van der Waals surface area contributed by atoms with Gasteiger partial charge in [0.25, 0.3) is 0 Å². The number of amides is 1.